The zero-order valence-electron chi connectivity index (χ0n) is 12.2. The minimum atomic E-state index is -0.248. The van der Waals surface area contributed by atoms with Crippen LogP contribution < -0.4 is 10.9 Å². The molecule has 1 atom stereocenters. The molecule has 0 aliphatic carbocycles. The molecule has 1 amide bonds. The van der Waals surface area contributed by atoms with Gasteiger partial charge in [-0.1, -0.05) is 19.9 Å². The van der Waals surface area contributed by atoms with Crippen LogP contribution in [0.3, 0.4) is 0 Å². The Morgan fingerprint density at radius 2 is 2.30 bits per heavy atom. The molecule has 1 aromatic rings. The number of aromatic nitrogens is 1. The first kappa shape index (κ1) is 14.8. The Morgan fingerprint density at radius 3 is 3.00 bits per heavy atom. The molecule has 2 heterocycles. The average Bonchev–Trinajstić information content (AvgIpc) is 2.82. The molecule has 1 fully saturated rings. The van der Waals surface area contributed by atoms with Crippen LogP contribution in [0.1, 0.15) is 30.8 Å². The van der Waals surface area contributed by atoms with Crippen LogP contribution in [0.2, 0.25) is 0 Å². The van der Waals surface area contributed by atoms with E-state index in [0.29, 0.717) is 24.1 Å². The number of H-pyrrole nitrogens is 1. The van der Waals surface area contributed by atoms with Gasteiger partial charge in [0.2, 0.25) is 5.56 Å². The molecule has 0 spiro atoms. The van der Waals surface area contributed by atoms with Gasteiger partial charge in [0.05, 0.1) is 0 Å². The van der Waals surface area contributed by atoms with E-state index in [2.05, 4.69) is 29.0 Å². The minimum Gasteiger partial charge on any atom is -0.350 e. The molecule has 1 aliphatic heterocycles. The van der Waals surface area contributed by atoms with Crippen LogP contribution in [-0.2, 0) is 0 Å². The fourth-order valence-corrected chi connectivity index (χ4v) is 2.67. The topological polar surface area (TPSA) is 65.2 Å². The van der Waals surface area contributed by atoms with Gasteiger partial charge in [-0.25, -0.2) is 0 Å². The summed E-state index contributed by atoms with van der Waals surface area (Å²) in [5.41, 5.74) is 0.0798. The van der Waals surface area contributed by atoms with Crippen molar-refractivity contribution < 1.29 is 4.79 Å². The van der Waals surface area contributed by atoms with Crippen molar-refractivity contribution in [3.63, 3.8) is 0 Å². The highest BCUT2D eigenvalue weighted by atomic mass is 16.2. The Morgan fingerprint density at radius 1 is 1.50 bits per heavy atom. The van der Waals surface area contributed by atoms with E-state index in [-0.39, 0.29) is 11.5 Å². The number of aromatic amines is 1. The summed E-state index contributed by atoms with van der Waals surface area (Å²) in [5.74, 6) is 0.982. The molecular weight excluding hydrogens is 254 g/mol. The Hall–Kier alpha value is -1.62. The Kier molecular flexibility index (Phi) is 4.95. The minimum absolute atomic E-state index is 0.204. The number of hydrogen-bond donors (Lipinski definition) is 2. The van der Waals surface area contributed by atoms with Gasteiger partial charge in [0, 0.05) is 25.7 Å². The van der Waals surface area contributed by atoms with Gasteiger partial charge < -0.3 is 15.2 Å². The Balaban J connectivity index is 1.79. The second-order valence-electron chi connectivity index (χ2n) is 5.95. The predicted molar refractivity (Wildman–Crippen MR) is 78.8 cm³/mol. The summed E-state index contributed by atoms with van der Waals surface area (Å²) in [5, 5.41) is 2.91. The molecule has 5 heteroatoms. The molecule has 0 bridgehead atoms. The van der Waals surface area contributed by atoms with Crippen LogP contribution in [0.15, 0.2) is 23.0 Å². The normalized spacial score (nSPS) is 19.4. The maximum atomic E-state index is 11.9. The zero-order valence-corrected chi connectivity index (χ0v) is 12.2. The first-order valence-electron chi connectivity index (χ1n) is 7.24. The van der Waals surface area contributed by atoms with E-state index in [4.69, 9.17) is 0 Å². The summed E-state index contributed by atoms with van der Waals surface area (Å²) in [6.07, 6.45) is 1.12. The van der Waals surface area contributed by atoms with Crippen molar-refractivity contribution in [3.8, 4) is 0 Å². The van der Waals surface area contributed by atoms with Crippen molar-refractivity contribution in [2.75, 3.05) is 26.2 Å². The molecule has 1 aromatic heterocycles. The van der Waals surface area contributed by atoms with Gasteiger partial charge in [-0.15, -0.1) is 0 Å². The predicted octanol–water partition coefficient (Wildman–Crippen LogP) is 1.08. The van der Waals surface area contributed by atoms with Crippen molar-refractivity contribution in [1.82, 2.24) is 15.2 Å². The maximum absolute atomic E-state index is 11.9. The molecule has 0 saturated carbocycles. The summed E-state index contributed by atoms with van der Waals surface area (Å²) >= 11 is 0. The summed E-state index contributed by atoms with van der Waals surface area (Å²) in [4.78, 5) is 28.1. The van der Waals surface area contributed by atoms with Crippen LogP contribution in [-0.4, -0.2) is 42.0 Å². The summed E-state index contributed by atoms with van der Waals surface area (Å²) in [6.45, 7) is 8.40. The van der Waals surface area contributed by atoms with E-state index in [1.807, 2.05) is 0 Å². The lowest BCUT2D eigenvalue weighted by atomic mass is 10.1. The third-order valence-corrected chi connectivity index (χ3v) is 3.56. The number of amides is 1. The molecule has 0 radical (unpaired) electrons. The average molecular weight is 277 g/mol. The highest BCUT2D eigenvalue weighted by Gasteiger charge is 2.23. The fraction of sp³-hybridized carbons (Fsp3) is 0.600. The quantitative estimate of drug-likeness (QED) is 0.846. The molecule has 5 nitrogen and oxygen atoms in total. The van der Waals surface area contributed by atoms with E-state index >= 15 is 0 Å². The molecular formula is C15H23N3O2. The number of rotatable bonds is 5. The molecule has 2 rings (SSSR count). The molecule has 2 N–H and O–H groups in total. The van der Waals surface area contributed by atoms with E-state index in [1.54, 1.807) is 12.1 Å². The SMILES string of the molecule is CC(C)CN1CCC(CNC(=O)c2cccc(=O)[nH]2)C1. The monoisotopic (exact) mass is 277 g/mol. The second kappa shape index (κ2) is 6.70. The smallest absolute Gasteiger partial charge is 0.267 e. The number of hydrogen-bond acceptors (Lipinski definition) is 3. The van der Waals surface area contributed by atoms with E-state index < -0.39 is 0 Å². The van der Waals surface area contributed by atoms with Crippen molar-refractivity contribution in [3.05, 3.63) is 34.2 Å². The lowest BCUT2D eigenvalue weighted by Crippen LogP contribution is -2.32. The van der Waals surface area contributed by atoms with Crippen molar-refractivity contribution in [2.45, 2.75) is 20.3 Å². The number of nitrogens with one attached hydrogen (secondary N) is 2. The highest BCUT2D eigenvalue weighted by molar-refractivity contribution is 5.92. The molecule has 1 unspecified atom stereocenters. The van der Waals surface area contributed by atoms with Crippen molar-refractivity contribution in [2.24, 2.45) is 11.8 Å². The zero-order chi connectivity index (χ0) is 14.5. The first-order valence-corrected chi connectivity index (χ1v) is 7.24. The number of nitrogens with zero attached hydrogens (tertiary/aromatic N) is 1. The van der Waals surface area contributed by atoms with E-state index in [0.717, 1.165) is 26.1 Å². The van der Waals surface area contributed by atoms with Crippen LogP contribution in [0.25, 0.3) is 0 Å². The number of pyridine rings is 1. The highest BCUT2D eigenvalue weighted by Crippen LogP contribution is 2.16. The van der Waals surface area contributed by atoms with Gasteiger partial charge in [-0.3, -0.25) is 9.59 Å². The Bertz CT molecular complexity index is 510. The van der Waals surface area contributed by atoms with Gasteiger partial charge in [0.1, 0.15) is 5.69 Å². The first-order chi connectivity index (χ1) is 9.54. The van der Waals surface area contributed by atoms with Crippen LogP contribution >= 0.6 is 0 Å². The molecule has 110 valence electrons. The van der Waals surface area contributed by atoms with Crippen molar-refractivity contribution >= 4 is 5.91 Å². The van der Waals surface area contributed by atoms with E-state index in [9.17, 15) is 9.59 Å². The third-order valence-electron chi connectivity index (χ3n) is 3.56. The lowest BCUT2D eigenvalue weighted by Gasteiger charge is -2.18. The van der Waals surface area contributed by atoms with Crippen LogP contribution in [0, 0.1) is 11.8 Å². The Labute approximate surface area is 119 Å². The van der Waals surface area contributed by atoms with E-state index in [1.165, 1.54) is 6.07 Å². The van der Waals surface area contributed by atoms with Gasteiger partial charge >= 0.3 is 0 Å². The van der Waals surface area contributed by atoms with Gasteiger partial charge in [-0.2, -0.15) is 0 Å². The number of likely N-dealkylation sites (tertiary alicyclic amines) is 1. The third kappa shape index (κ3) is 4.20. The summed E-state index contributed by atoms with van der Waals surface area (Å²) < 4.78 is 0. The van der Waals surface area contributed by atoms with Crippen LogP contribution in [0.4, 0.5) is 0 Å². The van der Waals surface area contributed by atoms with Gasteiger partial charge in [0.25, 0.3) is 5.91 Å². The van der Waals surface area contributed by atoms with Gasteiger partial charge in [-0.05, 0) is 30.9 Å². The molecule has 0 aromatic carbocycles. The largest absolute Gasteiger partial charge is 0.350 e. The summed E-state index contributed by atoms with van der Waals surface area (Å²) in [7, 11) is 0. The maximum Gasteiger partial charge on any atom is 0.267 e. The lowest BCUT2D eigenvalue weighted by molar-refractivity contribution is 0.0942. The summed E-state index contributed by atoms with van der Waals surface area (Å²) in [6, 6.07) is 4.61. The standard InChI is InChI=1S/C15H23N3O2/c1-11(2)9-18-7-6-12(10-18)8-16-15(20)13-4-3-5-14(19)17-13/h3-5,11-12H,6-10H2,1-2H3,(H,16,20)(H,17,19). The second-order valence-corrected chi connectivity index (χ2v) is 5.95. The van der Waals surface area contributed by atoms with Crippen molar-refractivity contribution in [1.29, 1.82) is 0 Å². The van der Waals surface area contributed by atoms with Crippen LogP contribution in [0.5, 0.6) is 0 Å². The number of carbonyl (C=O) groups is 1. The fourth-order valence-electron chi connectivity index (χ4n) is 2.67. The molecule has 1 aliphatic rings. The molecule has 1 saturated heterocycles. The number of carbonyl (C=O) groups excluding carboxylic acids is 1. The van der Waals surface area contributed by atoms with Gasteiger partial charge in [0.15, 0.2) is 0 Å². The molecule has 20 heavy (non-hydrogen) atoms.